The number of urea groups is 1. The van der Waals surface area contributed by atoms with Crippen LogP contribution in [-0.2, 0) is 14.4 Å². The van der Waals surface area contributed by atoms with Crippen molar-refractivity contribution < 1.29 is 24.3 Å². The number of hydrogen-bond acceptors (Lipinski definition) is 4. The smallest absolute Gasteiger partial charge is 0.325 e. The first-order chi connectivity index (χ1) is 10.8. The Labute approximate surface area is 134 Å². The fourth-order valence-electron chi connectivity index (χ4n) is 3.25. The zero-order valence-corrected chi connectivity index (χ0v) is 13.5. The number of carboxylic acid groups (broad SMARTS) is 1. The number of imide groups is 1. The maximum atomic E-state index is 12.5. The summed E-state index contributed by atoms with van der Waals surface area (Å²) >= 11 is 0. The van der Waals surface area contributed by atoms with Crippen molar-refractivity contribution in [2.24, 2.45) is 0 Å². The van der Waals surface area contributed by atoms with Crippen molar-refractivity contribution in [1.82, 2.24) is 15.1 Å². The molecule has 1 saturated heterocycles. The van der Waals surface area contributed by atoms with Gasteiger partial charge in [-0.15, -0.1) is 0 Å². The van der Waals surface area contributed by atoms with Crippen LogP contribution in [0.5, 0.6) is 0 Å². The third-order valence-corrected chi connectivity index (χ3v) is 4.50. The Morgan fingerprint density at radius 1 is 1.30 bits per heavy atom. The largest absolute Gasteiger partial charge is 0.480 e. The molecular formula is C15H23N3O5. The van der Waals surface area contributed by atoms with E-state index in [9.17, 15) is 19.2 Å². The second-order valence-electron chi connectivity index (χ2n) is 6.44. The van der Waals surface area contributed by atoms with Crippen molar-refractivity contribution in [3.05, 3.63) is 0 Å². The number of carboxylic acids is 1. The maximum absolute atomic E-state index is 12.5. The van der Waals surface area contributed by atoms with Crippen molar-refractivity contribution in [1.29, 1.82) is 0 Å². The Morgan fingerprint density at radius 3 is 2.43 bits per heavy atom. The Balaban J connectivity index is 1.97. The number of hydrogen-bond donors (Lipinski definition) is 2. The van der Waals surface area contributed by atoms with E-state index in [1.165, 1.54) is 4.90 Å². The molecule has 1 spiro atoms. The molecule has 0 atom stereocenters. The van der Waals surface area contributed by atoms with Crippen LogP contribution in [0, 0.1) is 0 Å². The zero-order chi connectivity index (χ0) is 17.2. The number of carbonyl (C=O) groups excluding carboxylic acids is 3. The summed E-state index contributed by atoms with van der Waals surface area (Å²) in [4.78, 5) is 49.8. The van der Waals surface area contributed by atoms with Gasteiger partial charge in [0.1, 0.15) is 12.1 Å². The number of amides is 4. The van der Waals surface area contributed by atoms with Crippen LogP contribution >= 0.6 is 0 Å². The predicted octanol–water partition coefficient (Wildman–Crippen LogP) is 0.563. The summed E-state index contributed by atoms with van der Waals surface area (Å²) in [7, 11) is 0. The van der Waals surface area contributed by atoms with E-state index < -0.39 is 17.5 Å². The second kappa shape index (κ2) is 6.55. The van der Waals surface area contributed by atoms with Crippen molar-refractivity contribution in [2.45, 2.75) is 57.5 Å². The van der Waals surface area contributed by atoms with Gasteiger partial charge in [0.15, 0.2) is 0 Å². The van der Waals surface area contributed by atoms with Gasteiger partial charge in [-0.1, -0.05) is 12.8 Å². The molecule has 1 aliphatic carbocycles. The molecule has 1 saturated carbocycles. The summed E-state index contributed by atoms with van der Waals surface area (Å²) in [6, 6.07) is -0.720. The molecule has 4 amide bonds. The minimum absolute atomic E-state index is 0.0198. The van der Waals surface area contributed by atoms with Crippen LogP contribution in [0.4, 0.5) is 4.79 Å². The van der Waals surface area contributed by atoms with Crippen molar-refractivity contribution in [3.63, 3.8) is 0 Å². The van der Waals surface area contributed by atoms with Crippen molar-refractivity contribution in [2.75, 3.05) is 13.1 Å². The lowest BCUT2D eigenvalue weighted by Gasteiger charge is -2.26. The molecule has 8 heteroatoms. The average Bonchev–Trinajstić information content (AvgIpc) is 3.01. The minimum atomic E-state index is -1.09. The summed E-state index contributed by atoms with van der Waals surface area (Å²) < 4.78 is 0. The number of carbonyl (C=O) groups is 4. The first-order valence-electron chi connectivity index (χ1n) is 7.92. The van der Waals surface area contributed by atoms with Gasteiger partial charge in [0.2, 0.25) is 5.91 Å². The lowest BCUT2D eigenvalue weighted by molar-refractivity contribution is -0.146. The molecule has 128 valence electrons. The fourth-order valence-corrected chi connectivity index (χ4v) is 3.25. The highest BCUT2D eigenvalue weighted by molar-refractivity contribution is 6.07. The van der Waals surface area contributed by atoms with Gasteiger partial charge in [-0.2, -0.15) is 0 Å². The minimum Gasteiger partial charge on any atom is -0.480 e. The standard InChI is InChI=1S/C15H23N3O5/c1-10(2)18(9-12(20)21)11(19)5-8-17-13(22)15(16-14(17)23)6-3-4-7-15/h10H,3-9H2,1-2H3,(H,16,23)(H,20,21). The Morgan fingerprint density at radius 2 is 1.91 bits per heavy atom. The molecule has 0 aromatic carbocycles. The molecule has 2 fully saturated rings. The average molecular weight is 325 g/mol. The molecule has 0 unspecified atom stereocenters. The van der Waals surface area contributed by atoms with Gasteiger partial charge in [-0.05, 0) is 26.7 Å². The van der Waals surface area contributed by atoms with Gasteiger partial charge in [-0.3, -0.25) is 19.3 Å². The van der Waals surface area contributed by atoms with E-state index in [0.717, 1.165) is 17.7 Å². The Kier molecular flexibility index (Phi) is 4.91. The monoisotopic (exact) mass is 325 g/mol. The molecule has 2 rings (SSSR count). The molecule has 2 N–H and O–H groups in total. The van der Waals surface area contributed by atoms with Crippen LogP contribution in [0.25, 0.3) is 0 Å². The molecule has 0 radical (unpaired) electrons. The molecule has 23 heavy (non-hydrogen) atoms. The van der Waals surface area contributed by atoms with Gasteiger partial charge in [0.05, 0.1) is 0 Å². The Hall–Kier alpha value is -2.12. The summed E-state index contributed by atoms with van der Waals surface area (Å²) in [5.41, 5.74) is -0.779. The fraction of sp³-hybridized carbons (Fsp3) is 0.733. The van der Waals surface area contributed by atoms with Crippen LogP contribution in [-0.4, -0.2) is 63.4 Å². The summed E-state index contributed by atoms with van der Waals surface area (Å²) in [5.74, 6) is -1.73. The number of aliphatic carboxylic acids is 1. The van der Waals surface area contributed by atoms with E-state index in [-0.39, 0.29) is 37.4 Å². The molecule has 0 aromatic heterocycles. The first-order valence-corrected chi connectivity index (χ1v) is 7.92. The van der Waals surface area contributed by atoms with E-state index in [1.807, 2.05) is 0 Å². The third kappa shape index (κ3) is 3.46. The van der Waals surface area contributed by atoms with Gasteiger partial charge < -0.3 is 15.3 Å². The molecule has 2 aliphatic rings. The first kappa shape index (κ1) is 17.2. The van der Waals surface area contributed by atoms with Crippen LogP contribution in [0.2, 0.25) is 0 Å². The highest BCUT2D eigenvalue weighted by atomic mass is 16.4. The van der Waals surface area contributed by atoms with Crippen LogP contribution in [0.15, 0.2) is 0 Å². The molecule has 0 bridgehead atoms. The molecule has 8 nitrogen and oxygen atoms in total. The molecule has 1 aliphatic heterocycles. The van der Waals surface area contributed by atoms with E-state index in [0.29, 0.717) is 12.8 Å². The molecule has 1 heterocycles. The predicted molar refractivity (Wildman–Crippen MR) is 80.5 cm³/mol. The zero-order valence-electron chi connectivity index (χ0n) is 13.5. The van der Waals surface area contributed by atoms with E-state index in [4.69, 9.17) is 5.11 Å². The maximum Gasteiger partial charge on any atom is 0.325 e. The van der Waals surface area contributed by atoms with Crippen LogP contribution < -0.4 is 5.32 Å². The van der Waals surface area contributed by atoms with Crippen molar-refractivity contribution in [3.8, 4) is 0 Å². The third-order valence-electron chi connectivity index (χ3n) is 4.50. The molecular weight excluding hydrogens is 302 g/mol. The number of rotatable bonds is 6. The van der Waals surface area contributed by atoms with E-state index >= 15 is 0 Å². The second-order valence-corrected chi connectivity index (χ2v) is 6.44. The summed E-state index contributed by atoms with van der Waals surface area (Å²) in [6.45, 7) is 3.04. The summed E-state index contributed by atoms with van der Waals surface area (Å²) in [6.07, 6.45) is 3.01. The van der Waals surface area contributed by atoms with Gasteiger partial charge in [0.25, 0.3) is 5.91 Å². The normalized spacial score (nSPS) is 19.5. The van der Waals surface area contributed by atoms with Crippen LogP contribution in [0.1, 0.15) is 46.0 Å². The van der Waals surface area contributed by atoms with E-state index in [2.05, 4.69) is 5.32 Å². The highest BCUT2D eigenvalue weighted by Gasteiger charge is 2.52. The quantitative estimate of drug-likeness (QED) is 0.694. The van der Waals surface area contributed by atoms with Crippen molar-refractivity contribution >= 4 is 23.8 Å². The SMILES string of the molecule is CC(C)N(CC(=O)O)C(=O)CCN1C(=O)NC2(CCCC2)C1=O. The highest BCUT2D eigenvalue weighted by Crippen LogP contribution is 2.35. The van der Waals surface area contributed by atoms with E-state index in [1.54, 1.807) is 13.8 Å². The lowest BCUT2D eigenvalue weighted by atomic mass is 9.98. The molecule has 0 aromatic rings. The topological polar surface area (TPSA) is 107 Å². The van der Waals surface area contributed by atoms with Gasteiger partial charge >= 0.3 is 12.0 Å². The number of nitrogens with zero attached hydrogens (tertiary/aromatic N) is 2. The lowest BCUT2D eigenvalue weighted by Crippen LogP contribution is -2.45. The Bertz CT molecular complexity index is 525. The summed E-state index contributed by atoms with van der Waals surface area (Å²) in [5, 5.41) is 11.6. The van der Waals surface area contributed by atoms with Gasteiger partial charge in [0, 0.05) is 19.0 Å². The van der Waals surface area contributed by atoms with Crippen LogP contribution in [0.3, 0.4) is 0 Å². The number of nitrogens with one attached hydrogen (secondary N) is 1. The van der Waals surface area contributed by atoms with Gasteiger partial charge in [-0.25, -0.2) is 4.79 Å².